The molecule has 0 aromatic heterocycles. The number of carbonyl (C=O) groups is 3. The van der Waals surface area contributed by atoms with E-state index in [0.29, 0.717) is 17.1 Å². The summed E-state index contributed by atoms with van der Waals surface area (Å²) in [5.74, 6) is -1.35. The van der Waals surface area contributed by atoms with E-state index in [1.165, 1.54) is 0 Å². The zero-order chi connectivity index (χ0) is 19.0. The van der Waals surface area contributed by atoms with E-state index in [9.17, 15) is 14.4 Å². The van der Waals surface area contributed by atoms with Gasteiger partial charge in [0.25, 0.3) is 0 Å². The molecule has 0 radical (unpaired) electrons. The molecule has 4 rings (SSSR count). The minimum absolute atomic E-state index is 0.0927. The SMILES string of the molecule is O=C(NCc1ccc(Cl)cc1)C(=O)Nc1cc2c3c(c1)CC(=O)N3CCC2. The number of benzene rings is 2. The lowest BCUT2D eigenvalue weighted by Gasteiger charge is -2.26. The smallest absolute Gasteiger partial charge is 0.313 e. The van der Waals surface area contributed by atoms with Crippen molar-refractivity contribution in [3.63, 3.8) is 0 Å². The van der Waals surface area contributed by atoms with Crippen LogP contribution >= 0.6 is 11.6 Å². The van der Waals surface area contributed by atoms with Crippen molar-refractivity contribution in [1.82, 2.24) is 5.32 Å². The number of nitrogens with one attached hydrogen (secondary N) is 2. The van der Waals surface area contributed by atoms with Crippen molar-refractivity contribution < 1.29 is 14.4 Å². The molecule has 0 saturated carbocycles. The first-order valence-electron chi connectivity index (χ1n) is 8.81. The fraction of sp³-hybridized carbons (Fsp3) is 0.250. The third-order valence-electron chi connectivity index (χ3n) is 4.84. The summed E-state index contributed by atoms with van der Waals surface area (Å²) in [5.41, 5.74) is 4.33. The lowest BCUT2D eigenvalue weighted by Crippen LogP contribution is -2.35. The summed E-state index contributed by atoms with van der Waals surface area (Å²) in [5, 5.41) is 5.84. The summed E-state index contributed by atoms with van der Waals surface area (Å²) < 4.78 is 0. The van der Waals surface area contributed by atoms with Gasteiger partial charge >= 0.3 is 11.8 Å². The van der Waals surface area contributed by atoms with Crippen molar-refractivity contribution in [3.8, 4) is 0 Å². The highest BCUT2D eigenvalue weighted by atomic mass is 35.5. The Morgan fingerprint density at radius 2 is 1.81 bits per heavy atom. The quantitative estimate of drug-likeness (QED) is 0.799. The Kier molecular flexibility index (Phi) is 4.58. The zero-order valence-electron chi connectivity index (χ0n) is 14.5. The standard InChI is InChI=1S/C20H18ClN3O3/c21-15-5-3-12(4-6-15)11-22-19(26)20(27)23-16-8-13-2-1-7-24-17(25)10-14(9-16)18(13)24/h3-6,8-9H,1-2,7,10-11H2,(H,22,26)(H,23,27). The van der Waals surface area contributed by atoms with Gasteiger partial charge in [0.05, 0.1) is 12.1 Å². The van der Waals surface area contributed by atoms with Gasteiger partial charge in [-0.25, -0.2) is 0 Å². The highest BCUT2D eigenvalue weighted by Gasteiger charge is 2.32. The number of hydrogen-bond acceptors (Lipinski definition) is 3. The first-order valence-corrected chi connectivity index (χ1v) is 9.19. The third kappa shape index (κ3) is 3.53. The van der Waals surface area contributed by atoms with Gasteiger partial charge in [0.1, 0.15) is 0 Å². The summed E-state index contributed by atoms with van der Waals surface area (Å²) in [6, 6.07) is 10.7. The average Bonchev–Trinajstić information content (AvgIpc) is 2.98. The highest BCUT2D eigenvalue weighted by Crippen LogP contribution is 2.38. The number of amides is 3. The summed E-state index contributed by atoms with van der Waals surface area (Å²) >= 11 is 5.83. The van der Waals surface area contributed by atoms with Crippen LogP contribution in [-0.2, 0) is 33.8 Å². The maximum atomic E-state index is 12.2. The number of hydrogen-bond donors (Lipinski definition) is 2. The van der Waals surface area contributed by atoms with Crippen molar-refractivity contribution in [3.05, 3.63) is 58.1 Å². The molecule has 2 aliphatic heterocycles. The van der Waals surface area contributed by atoms with Crippen LogP contribution in [0.4, 0.5) is 11.4 Å². The molecule has 2 heterocycles. The van der Waals surface area contributed by atoms with Crippen molar-refractivity contribution in [1.29, 1.82) is 0 Å². The van der Waals surface area contributed by atoms with E-state index >= 15 is 0 Å². The molecule has 2 N–H and O–H groups in total. The summed E-state index contributed by atoms with van der Waals surface area (Å²) in [4.78, 5) is 38.2. The van der Waals surface area contributed by atoms with Gasteiger partial charge in [0.2, 0.25) is 5.91 Å². The number of halogens is 1. The molecule has 0 fully saturated rings. The van der Waals surface area contributed by atoms with E-state index in [0.717, 1.165) is 41.8 Å². The first kappa shape index (κ1) is 17.5. The average molecular weight is 384 g/mol. The Hall–Kier alpha value is -2.86. The molecule has 2 aromatic carbocycles. The maximum Gasteiger partial charge on any atom is 0.313 e. The van der Waals surface area contributed by atoms with Gasteiger partial charge in [-0.15, -0.1) is 0 Å². The molecule has 2 aromatic rings. The second-order valence-corrected chi connectivity index (χ2v) is 7.17. The fourth-order valence-corrected chi connectivity index (χ4v) is 3.73. The first-order chi connectivity index (χ1) is 13.0. The largest absolute Gasteiger partial charge is 0.344 e. The lowest BCUT2D eigenvalue weighted by atomic mass is 9.99. The van der Waals surface area contributed by atoms with E-state index in [-0.39, 0.29) is 12.5 Å². The molecule has 138 valence electrons. The van der Waals surface area contributed by atoms with E-state index < -0.39 is 11.8 Å². The van der Waals surface area contributed by atoms with E-state index in [4.69, 9.17) is 11.6 Å². The van der Waals surface area contributed by atoms with Crippen LogP contribution in [0, 0.1) is 0 Å². The molecule has 0 atom stereocenters. The molecule has 0 saturated heterocycles. The molecule has 0 bridgehead atoms. The number of carbonyl (C=O) groups excluding carboxylic acids is 3. The van der Waals surface area contributed by atoms with Gasteiger partial charge in [-0.3, -0.25) is 14.4 Å². The van der Waals surface area contributed by atoms with E-state index in [1.54, 1.807) is 30.3 Å². The molecular weight excluding hydrogens is 366 g/mol. The molecular formula is C20H18ClN3O3. The fourth-order valence-electron chi connectivity index (χ4n) is 3.60. The molecule has 0 spiro atoms. The van der Waals surface area contributed by atoms with Crippen LogP contribution in [0.5, 0.6) is 0 Å². The van der Waals surface area contributed by atoms with E-state index in [1.807, 2.05) is 11.0 Å². The van der Waals surface area contributed by atoms with Crippen LogP contribution in [-0.4, -0.2) is 24.3 Å². The number of rotatable bonds is 3. The summed E-state index contributed by atoms with van der Waals surface area (Å²) in [6.07, 6.45) is 2.10. The Morgan fingerprint density at radius 1 is 1.07 bits per heavy atom. The van der Waals surface area contributed by atoms with Crippen LogP contribution in [0.25, 0.3) is 0 Å². The Balaban J connectivity index is 1.42. The van der Waals surface area contributed by atoms with Gasteiger partial charge in [0, 0.05) is 23.8 Å². The minimum Gasteiger partial charge on any atom is -0.344 e. The Morgan fingerprint density at radius 3 is 2.59 bits per heavy atom. The van der Waals surface area contributed by atoms with Crippen molar-refractivity contribution >= 4 is 40.7 Å². The third-order valence-corrected chi connectivity index (χ3v) is 5.09. The predicted molar refractivity (Wildman–Crippen MR) is 103 cm³/mol. The second-order valence-electron chi connectivity index (χ2n) is 6.73. The number of aryl methyl sites for hydroxylation is 1. The van der Waals surface area contributed by atoms with Crippen molar-refractivity contribution in [2.45, 2.75) is 25.8 Å². The monoisotopic (exact) mass is 383 g/mol. The molecule has 3 amide bonds. The maximum absolute atomic E-state index is 12.2. The van der Waals surface area contributed by atoms with Crippen LogP contribution < -0.4 is 15.5 Å². The molecule has 2 aliphatic rings. The predicted octanol–water partition coefficient (Wildman–Crippen LogP) is 2.43. The molecule has 0 unspecified atom stereocenters. The van der Waals surface area contributed by atoms with Crippen LogP contribution in [0.15, 0.2) is 36.4 Å². The topological polar surface area (TPSA) is 78.5 Å². The lowest BCUT2D eigenvalue weighted by molar-refractivity contribution is -0.136. The summed E-state index contributed by atoms with van der Waals surface area (Å²) in [6.45, 7) is 0.986. The minimum atomic E-state index is -0.729. The van der Waals surface area contributed by atoms with Gasteiger partial charge in [0.15, 0.2) is 0 Å². The summed E-state index contributed by atoms with van der Waals surface area (Å²) in [7, 11) is 0. The molecule has 7 heteroatoms. The Bertz CT molecular complexity index is 940. The van der Waals surface area contributed by atoms with Gasteiger partial charge in [-0.05, 0) is 53.8 Å². The van der Waals surface area contributed by atoms with Crippen molar-refractivity contribution in [2.24, 2.45) is 0 Å². The zero-order valence-corrected chi connectivity index (χ0v) is 15.3. The molecule has 6 nitrogen and oxygen atoms in total. The van der Waals surface area contributed by atoms with Gasteiger partial charge in [-0.2, -0.15) is 0 Å². The molecule has 27 heavy (non-hydrogen) atoms. The highest BCUT2D eigenvalue weighted by molar-refractivity contribution is 6.39. The number of nitrogens with zero attached hydrogens (tertiary/aromatic N) is 1. The van der Waals surface area contributed by atoms with Crippen molar-refractivity contribution in [2.75, 3.05) is 16.8 Å². The van der Waals surface area contributed by atoms with Gasteiger partial charge in [-0.1, -0.05) is 23.7 Å². The van der Waals surface area contributed by atoms with Crippen LogP contribution in [0.1, 0.15) is 23.1 Å². The van der Waals surface area contributed by atoms with Gasteiger partial charge < -0.3 is 15.5 Å². The Labute approximate surface area is 161 Å². The van der Waals surface area contributed by atoms with Crippen LogP contribution in [0.3, 0.4) is 0 Å². The normalized spacial score (nSPS) is 14.7. The molecule has 0 aliphatic carbocycles. The number of anilines is 2. The van der Waals surface area contributed by atoms with Crippen LogP contribution in [0.2, 0.25) is 5.02 Å². The van der Waals surface area contributed by atoms with E-state index in [2.05, 4.69) is 10.6 Å². The second kappa shape index (κ2) is 7.04.